The highest BCUT2D eigenvalue weighted by molar-refractivity contribution is 5.97. The molecule has 0 radical (unpaired) electrons. The van der Waals surface area contributed by atoms with E-state index in [0.29, 0.717) is 43.2 Å². The molecule has 20 heavy (non-hydrogen) atoms. The number of quaternary nitrogens is 1. The minimum Gasteiger partial charge on any atom is -0.633 e. The number of hydrogen-bond acceptors (Lipinski definition) is 4. The first-order chi connectivity index (χ1) is 9.45. The first kappa shape index (κ1) is 16.3. The third-order valence-corrected chi connectivity index (χ3v) is 3.43. The summed E-state index contributed by atoms with van der Waals surface area (Å²) < 4.78 is 4.82. The van der Waals surface area contributed by atoms with E-state index in [1.807, 2.05) is 13.8 Å². The van der Waals surface area contributed by atoms with Crippen LogP contribution in [0.2, 0.25) is 0 Å². The molecule has 0 bridgehead atoms. The Morgan fingerprint density at radius 1 is 1.40 bits per heavy atom. The number of nitrogens with zero attached hydrogens (tertiary/aromatic N) is 1. The van der Waals surface area contributed by atoms with Crippen molar-refractivity contribution in [3.05, 3.63) is 29.0 Å². The van der Waals surface area contributed by atoms with Gasteiger partial charge in [0.15, 0.2) is 0 Å². The fourth-order valence-electron chi connectivity index (χ4n) is 1.90. The third-order valence-electron chi connectivity index (χ3n) is 3.43. The Morgan fingerprint density at radius 2 is 2.05 bits per heavy atom. The minimum atomic E-state index is -0.306. The molecule has 3 N–H and O–H groups in total. The molecular weight excluding hydrogens is 258 g/mol. The predicted octanol–water partition coefficient (Wildman–Crippen LogP) is 1.36. The van der Waals surface area contributed by atoms with Gasteiger partial charge in [-0.3, -0.25) is 4.79 Å². The van der Waals surface area contributed by atoms with E-state index in [-0.39, 0.29) is 10.6 Å². The van der Waals surface area contributed by atoms with Crippen molar-refractivity contribution in [3.63, 3.8) is 0 Å². The number of nitrogens with one attached hydrogen (secondary N) is 1. The molecule has 1 rings (SSSR count). The molecule has 0 spiro atoms. The molecule has 0 aliphatic carbocycles. The van der Waals surface area contributed by atoms with Crippen molar-refractivity contribution in [2.45, 2.75) is 13.8 Å². The molecule has 0 aliphatic rings. The average molecular weight is 281 g/mol. The molecule has 6 heteroatoms. The van der Waals surface area contributed by atoms with Gasteiger partial charge in [-0.1, -0.05) is 0 Å². The lowest BCUT2D eigenvalue weighted by Crippen LogP contribution is -2.46. The molecular formula is C14H23N3O3. The van der Waals surface area contributed by atoms with Crippen LogP contribution in [-0.2, 0) is 0 Å². The van der Waals surface area contributed by atoms with Crippen molar-refractivity contribution in [3.8, 4) is 5.75 Å². The van der Waals surface area contributed by atoms with Crippen LogP contribution in [0.1, 0.15) is 24.2 Å². The van der Waals surface area contributed by atoms with Crippen LogP contribution >= 0.6 is 0 Å². The van der Waals surface area contributed by atoms with E-state index in [9.17, 15) is 10.0 Å². The second kappa shape index (κ2) is 7.12. The van der Waals surface area contributed by atoms with E-state index < -0.39 is 0 Å². The zero-order chi connectivity index (χ0) is 15.2. The summed E-state index contributed by atoms with van der Waals surface area (Å²) in [5.74, 6) is 0.164. The number of anilines is 1. The first-order valence-electron chi connectivity index (χ1n) is 6.74. The second-order valence-electron chi connectivity index (χ2n) is 4.63. The van der Waals surface area contributed by atoms with Crippen molar-refractivity contribution >= 4 is 11.6 Å². The minimum absolute atomic E-state index is 0.263. The molecule has 0 unspecified atom stereocenters. The lowest BCUT2D eigenvalue weighted by atomic mass is 10.1. The number of nitrogen functional groups attached to an aromatic ring is 1. The van der Waals surface area contributed by atoms with E-state index in [2.05, 4.69) is 5.32 Å². The normalized spacial score (nSPS) is 11.2. The number of rotatable bonds is 7. The maximum atomic E-state index is 12.1. The van der Waals surface area contributed by atoms with E-state index >= 15 is 0 Å². The van der Waals surface area contributed by atoms with E-state index in [0.717, 1.165) is 0 Å². The average Bonchev–Trinajstić information content (AvgIpc) is 2.46. The number of carbonyl (C=O) groups excluding carboxylic acids is 1. The number of benzene rings is 1. The summed E-state index contributed by atoms with van der Waals surface area (Å²) in [6, 6.07) is 4.85. The number of hydrogen-bond donors (Lipinski definition) is 2. The van der Waals surface area contributed by atoms with Crippen molar-refractivity contribution in [2.24, 2.45) is 0 Å². The smallest absolute Gasteiger partial charge is 0.255 e. The largest absolute Gasteiger partial charge is 0.633 e. The first-order valence-corrected chi connectivity index (χ1v) is 6.74. The molecule has 0 saturated carbocycles. The van der Waals surface area contributed by atoms with Gasteiger partial charge in [-0.05, 0) is 26.0 Å². The molecule has 1 aromatic rings. The summed E-state index contributed by atoms with van der Waals surface area (Å²) in [5, 5.41) is 14.8. The number of methoxy groups -OCH3 is 1. The monoisotopic (exact) mass is 281 g/mol. The lowest BCUT2D eigenvalue weighted by Gasteiger charge is -2.41. The topological polar surface area (TPSA) is 87.4 Å². The maximum Gasteiger partial charge on any atom is 0.255 e. The van der Waals surface area contributed by atoms with Crippen molar-refractivity contribution in [1.29, 1.82) is 0 Å². The Kier molecular flexibility index (Phi) is 5.79. The van der Waals surface area contributed by atoms with Gasteiger partial charge in [-0.15, -0.1) is 0 Å². The summed E-state index contributed by atoms with van der Waals surface area (Å²) in [6.07, 6.45) is 0. The highest BCUT2D eigenvalue weighted by atomic mass is 16.5. The Bertz CT molecular complexity index is 459. The zero-order valence-electron chi connectivity index (χ0n) is 12.3. The number of ether oxygens (including phenoxy) is 1. The van der Waals surface area contributed by atoms with Gasteiger partial charge in [-0.2, -0.15) is 0 Å². The molecule has 1 aromatic carbocycles. The molecule has 112 valence electrons. The van der Waals surface area contributed by atoms with Gasteiger partial charge < -0.3 is 25.6 Å². The van der Waals surface area contributed by atoms with Crippen molar-refractivity contribution < 1.29 is 14.2 Å². The number of carbonyl (C=O) groups is 1. The molecule has 0 heterocycles. The van der Waals surface area contributed by atoms with Crippen LogP contribution in [0, 0.1) is 5.21 Å². The quantitative estimate of drug-likeness (QED) is 0.449. The highest BCUT2D eigenvalue weighted by Gasteiger charge is 2.15. The van der Waals surface area contributed by atoms with Gasteiger partial charge in [0.25, 0.3) is 5.91 Å². The summed E-state index contributed by atoms with van der Waals surface area (Å²) in [5.41, 5.74) is 6.59. The summed E-state index contributed by atoms with van der Waals surface area (Å²) in [6.45, 7) is 5.38. The fraction of sp³-hybridized carbons (Fsp3) is 0.500. The Morgan fingerprint density at radius 3 is 2.60 bits per heavy atom. The van der Waals surface area contributed by atoms with Gasteiger partial charge in [0, 0.05) is 11.8 Å². The van der Waals surface area contributed by atoms with Crippen LogP contribution in [0.3, 0.4) is 0 Å². The molecule has 1 amide bonds. The second-order valence-corrected chi connectivity index (χ2v) is 4.63. The van der Waals surface area contributed by atoms with Crippen molar-refractivity contribution in [2.75, 3.05) is 39.0 Å². The molecule has 0 fully saturated rings. The summed E-state index contributed by atoms with van der Waals surface area (Å²) in [7, 11) is 1.49. The number of hydroxylamine groups is 3. The van der Waals surface area contributed by atoms with Crippen LogP contribution in [-0.4, -0.2) is 43.8 Å². The van der Waals surface area contributed by atoms with Crippen LogP contribution in [0.5, 0.6) is 5.75 Å². The number of nitrogens with two attached hydrogens (primary N) is 1. The van der Waals surface area contributed by atoms with Crippen LogP contribution < -0.4 is 15.8 Å². The van der Waals surface area contributed by atoms with E-state index in [1.165, 1.54) is 7.11 Å². The zero-order valence-corrected chi connectivity index (χ0v) is 12.3. The van der Waals surface area contributed by atoms with Gasteiger partial charge in [0.2, 0.25) is 0 Å². The highest BCUT2D eigenvalue weighted by Crippen LogP contribution is 2.21. The Hall–Kier alpha value is -1.79. The van der Waals surface area contributed by atoms with E-state index in [4.69, 9.17) is 10.5 Å². The van der Waals surface area contributed by atoms with E-state index in [1.54, 1.807) is 18.2 Å². The van der Waals surface area contributed by atoms with Crippen LogP contribution in [0.25, 0.3) is 0 Å². The van der Waals surface area contributed by atoms with Crippen LogP contribution in [0.15, 0.2) is 18.2 Å². The van der Waals surface area contributed by atoms with Crippen molar-refractivity contribution in [1.82, 2.24) is 5.32 Å². The molecule has 0 aliphatic heterocycles. The number of likely N-dealkylation sites (N-methyl/N-ethyl adjacent to an activating group) is 1. The lowest BCUT2D eigenvalue weighted by molar-refractivity contribution is -0.875. The molecule has 0 atom stereocenters. The van der Waals surface area contributed by atoms with Crippen LogP contribution in [0.4, 0.5) is 5.69 Å². The standard InChI is InChI=1S/C14H23N3O3/c1-4-17(19,5-2)9-8-16-14(18)12-7-6-11(15)10-13(12)20-3/h6-7,10H,4-5,8-9,15H2,1-3H3,(H,16,18). The SMILES string of the molecule is CC[N+]([O-])(CC)CCNC(=O)c1ccc(N)cc1OC. The summed E-state index contributed by atoms with van der Waals surface area (Å²) in [4.78, 5) is 12.1. The number of amides is 1. The van der Waals surface area contributed by atoms with Gasteiger partial charge >= 0.3 is 0 Å². The Balaban J connectivity index is 2.64. The molecule has 6 nitrogen and oxygen atoms in total. The Labute approximate surface area is 119 Å². The van der Waals surface area contributed by atoms with Gasteiger partial charge in [0.05, 0.1) is 38.9 Å². The fourth-order valence-corrected chi connectivity index (χ4v) is 1.90. The predicted molar refractivity (Wildman–Crippen MR) is 79.3 cm³/mol. The van der Waals surface area contributed by atoms with Gasteiger partial charge in [-0.25, -0.2) is 0 Å². The molecule has 0 aromatic heterocycles. The third kappa shape index (κ3) is 4.11. The molecule has 0 saturated heterocycles. The summed E-state index contributed by atoms with van der Waals surface area (Å²) >= 11 is 0. The maximum absolute atomic E-state index is 12.1. The van der Waals surface area contributed by atoms with Gasteiger partial charge in [0.1, 0.15) is 5.75 Å².